The number of carbonyl (C=O) groups excluding carboxylic acids is 1. The number of benzene rings is 1. The second-order valence-corrected chi connectivity index (χ2v) is 4.90. The number of carbonyl (C=O) groups is 1. The molecule has 0 amide bonds. The Bertz CT molecular complexity index is 578. The second-order valence-electron chi connectivity index (χ2n) is 4.90. The van der Waals surface area contributed by atoms with Gasteiger partial charge in [0.05, 0.1) is 6.61 Å². The molecule has 1 aromatic heterocycles. The Morgan fingerprint density at radius 3 is 2.65 bits per heavy atom. The minimum absolute atomic E-state index is 0.0404. The van der Waals surface area contributed by atoms with Crippen LogP contribution in [0.4, 0.5) is 0 Å². The maximum absolute atomic E-state index is 11.4. The summed E-state index contributed by atoms with van der Waals surface area (Å²) in [5.41, 5.74) is 0.640. The van der Waals surface area contributed by atoms with E-state index in [1.165, 1.54) is 4.80 Å². The fourth-order valence-electron chi connectivity index (χ4n) is 1.85. The molecular formula is C14H18N4O2. The van der Waals surface area contributed by atoms with Gasteiger partial charge in [0.15, 0.2) is 5.82 Å². The van der Waals surface area contributed by atoms with Gasteiger partial charge in [-0.15, -0.1) is 10.2 Å². The largest absolute Gasteiger partial charge is 0.466 e. The smallest absolute Gasteiger partial charge is 0.313 e. The Balaban J connectivity index is 2.18. The van der Waals surface area contributed by atoms with Crippen LogP contribution in [0.1, 0.15) is 32.2 Å². The number of nitrogens with zero attached hydrogens (tertiary/aromatic N) is 4. The van der Waals surface area contributed by atoms with Gasteiger partial charge in [0.2, 0.25) is 0 Å². The highest BCUT2D eigenvalue weighted by Crippen LogP contribution is 2.22. The number of hydrogen-bond donors (Lipinski definition) is 0. The first kappa shape index (κ1) is 14.2. The van der Waals surface area contributed by atoms with Gasteiger partial charge in [-0.2, -0.15) is 4.80 Å². The molecule has 0 spiro atoms. The summed E-state index contributed by atoms with van der Waals surface area (Å²) in [7, 11) is 0. The zero-order valence-electron chi connectivity index (χ0n) is 11.9. The zero-order valence-corrected chi connectivity index (χ0v) is 11.9. The van der Waals surface area contributed by atoms with E-state index < -0.39 is 5.54 Å². The third kappa shape index (κ3) is 3.01. The summed E-state index contributed by atoms with van der Waals surface area (Å²) in [6, 6.07) is 9.91. The first-order valence-corrected chi connectivity index (χ1v) is 6.54. The Morgan fingerprint density at radius 2 is 2.00 bits per heavy atom. The van der Waals surface area contributed by atoms with Crippen molar-refractivity contribution in [2.45, 2.75) is 32.7 Å². The molecule has 2 rings (SSSR count). The molecule has 0 radical (unpaired) electrons. The maximum atomic E-state index is 11.4. The number of hydrogen-bond acceptors (Lipinski definition) is 5. The van der Waals surface area contributed by atoms with Gasteiger partial charge < -0.3 is 4.74 Å². The topological polar surface area (TPSA) is 69.9 Å². The number of ether oxygens (including phenoxy) is 1. The monoisotopic (exact) mass is 274 g/mol. The van der Waals surface area contributed by atoms with Gasteiger partial charge in [-0.3, -0.25) is 4.79 Å². The number of aromatic nitrogens is 4. The van der Waals surface area contributed by atoms with E-state index in [9.17, 15) is 4.79 Å². The Labute approximate surface area is 117 Å². The first-order chi connectivity index (χ1) is 9.54. The van der Waals surface area contributed by atoms with E-state index >= 15 is 0 Å². The standard InChI is InChI=1S/C14H18N4O2/c1-4-20-13(19)10-12-15-17-18(16-12)14(2,3)11-8-6-5-7-9-11/h5-9H,4,10H2,1-3H3. The van der Waals surface area contributed by atoms with Crippen molar-refractivity contribution in [1.82, 2.24) is 20.2 Å². The fraction of sp³-hybridized carbons (Fsp3) is 0.429. The molecule has 0 aliphatic heterocycles. The van der Waals surface area contributed by atoms with Gasteiger partial charge >= 0.3 is 5.97 Å². The molecule has 0 saturated heterocycles. The van der Waals surface area contributed by atoms with Crippen molar-refractivity contribution in [2.75, 3.05) is 6.61 Å². The van der Waals surface area contributed by atoms with Crippen LogP contribution in [-0.4, -0.2) is 32.8 Å². The average molecular weight is 274 g/mol. The number of tetrazole rings is 1. The SMILES string of the molecule is CCOC(=O)Cc1nnn(C(C)(C)c2ccccc2)n1. The minimum Gasteiger partial charge on any atom is -0.466 e. The van der Waals surface area contributed by atoms with E-state index in [1.807, 2.05) is 44.2 Å². The van der Waals surface area contributed by atoms with Gasteiger partial charge in [0.1, 0.15) is 12.0 Å². The summed E-state index contributed by atoms with van der Waals surface area (Å²) in [6.07, 6.45) is 0.0404. The summed E-state index contributed by atoms with van der Waals surface area (Å²) < 4.78 is 4.87. The molecule has 0 unspecified atom stereocenters. The molecule has 1 aromatic carbocycles. The molecule has 2 aromatic rings. The van der Waals surface area contributed by atoms with Gasteiger partial charge in [-0.1, -0.05) is 30.3 Å². The fourth-order valence-corrected chi connectivity index (χ4v) is 1.85. The van der Waals surface area contributed by atoms with Gasteiger partial charge in [-0.05, 0) is 31.5 Å². The summed E-state index contributed by atoms with van der Waals surface area (Å²) in [5.74, 6) is 0.0250. The molecule has 1 heterocycles. The minimum atomic E-state index is -0.429. The summed E-state index contributed by atoms with van der Waals surface area (Å²) in [6.45, 7) is 6.11. The summed E-state index contributed by atoms with van der Waals surface area (Å²) in [4.78, 5) is 12.9. The molecule has 0 N–H and O–H groups in total. The lowest BCUT2D eigenvalue weighted by Gasteiger charge is -2.23. The molecular weight excluding hydrogens is 256 g/mol. The lowest BCUT2D eigenvalue weighted by Crippen LogP contribution is -2.30. The third-order valence-electron chi connectivity index (χ3n) is 3.04. The van der Waals surface area contributed by atoms with Crippen molar-refractivity contribution >= 4 is 5.97 Å². The van der Waals surface area contributed by atoms with Crippen LogP contribution in [0.5, 0.6) is 0 Å². The molecule has 0 bridgehead atoms. The average Bonchev–Trinajstić information content (AvgIpc) is 2.89. The molecule has 6 nitrogen and oxygen atoms in total. The number of esters is 1. The van der Waals surface area contributed by atoms with E-state index in [0.717, 1.165) is 5.56 Å². The second kappa shape index (κ2) is 5.81. The Hall–Kier alpha value is -2.24. The highest BCUT2D eigenvalue weighted by Gasteiger charge is 2.26. The predicted molar refractivity (Wildman–Crippen MR) is 73.0 cm³/mol. The van der Waals surface area contributed by atoms with E-state index in [0.29, 0.717) is 12.4 Å². The van der Waals surface area contributed by atoms with Crippen LogP contribution in [-0.2, 0) is 21.5 Å². The van der Waals surface area contributed by atoms with Crippen LogP contribution < -0.4 is 0 Å². The molecule has 0 aliphatic rings. The van der Waals surface area contributed by atoms with Crippen LogP contribution in [0, 0.1) is 0 Å². The summed E-state index contributed by atoms with van der Waals surface area (Å²) in [5, 5.41) is 12.2. The lowest BCUT2D eigenvalue weighted by atomic mass is 9.95. The molecule has 0 fully saturated rings. The molecule has 20 heavy (non-hydrogen) atoms. The Kier molecular flexibility index (Phi) is 4.12. The maximum Gasteiger partial charge on any atom is 0.313 e. The van der Waals surface area contributed by atoms with Crippen molar-refractivity contribution < 1.29 is 9.53 Å². The quantitative estimate of drug-likeness (QED) is 0.774. The molecule has 106 valence electrons. The van der Waals surface area contributed by atoms with Crippen LogP contribution in [0.15, 0.2) is 30.3 Å². The van der Waals surface area contributed by atoms with E-state index in [2.05, 4.69) is 15.4 Å². The van der Waals surface area contributed by atoms with E-state index in [4.69, 9.17) is 4.74 Å². The van der Waals surface area contributed by atoms with Crippen molar-refractivity contribution in [2.24, 2.45) is 0 Å². The highest BCUT2D eigenvalue weighted by molar-refractivity contribution is 5.71. The van der Waals surface area contributed by atoms with Crippen molar-refractivity contribution in [3.8, 4) is 0 Å². The van der Waals surface area contributed by atoms with E-state index in [-0.39, 0.29) is 12.4 Å². The first-order valence-electron chi connectivity index (χ1n) is 6.54. The number of rotatable bonds is 5. The van der Waals surface area contributed by atoms with Crippen LogP contribution >= 0.6 is 0 Å². The predicted octanol–water partition coefficient (Wildman–Crippen LogP) is 1.56. The Morgan fingerprint density at radius 1 is 1.30 bits per heavy atom. The highest BCUT2D eigenvalue weighted by atomic mass is 16.5. The lowest BCUT2D eigenvalue weighted by molar-refractivity contribution is -0.142. The van der Waals surface area contributed by atoms with Crippen molar-refractivity contribution in [3.63, 3.8) is 0 Å². The van der Waals surface area contributed by atoms with Crippen molar-refractivity contribution in [1.29, 1.82) is 0 Å². The van der Waals surface area contributed by atoms with Crippen LogP contribution in [0.3, 0.4) is 0 Å². The molecule has 6 heteroatoms. The van der Waals surface area contributed by atoms with Gasteiger partial charge in [-0.25, -0.2) is 0 Å². The zero-order chi connectivity index (χ0) is 14.6. The molecule has 0 atom stereocenters. The third-order valence-corrected chi connectivity index (χ3v) is 3.04. The summed E-state index contributed by atoms with van der Waals surface area (Å²) >= 11 is 0. The van der Waals surface area contributed by atoms with Crippen molar-refractivity contribution in [3.05, 3.63) is 41.7 Å². The van der Waals surface area contributed by atoms with Crippen LogP contribution in [0.2, 0.25) is 0 Å². The molecule has 0 saturated carbocycles. The van der Waals surface area contributed by atoms with E-state index in [1.54, 1.807) is 6.92 Å². The van der Waals surface area contributed by atoms with Gasteiger partial charge in [0.25, 0.3) is 0 Å². The van der Waals surface area contributed by atoms with Gasteiger partial charge in [0, 0.05) is 0 Å². The van der Waals surface area contributed by atoms with Crippen LogP contribution in [0.25, 0.3) is 0 Å². The molecule has 0 aliphatic carbocycles. The normalized spacial score (nSPS) is 11.3.